The van der Waals surface area contributed by atoms with Gasteiger partial charge in [-0.2, -0.15) is 0 Å². The lowest BCUT2D eigenvalue weighted by atomic mass is 10.1. The van der Waals surface area contributed by atoms with E-state index in [1.807, 2.05) is 0 Å². The highest BCUT2D eigenvalue weighted by Crippen LogP contribution is 2.21. The van der Waals surface area contributed by atoms with Crippen molar-refractivity contribution in [1.29, 1.82) is 0 Å². The largest absolute Gasteiger partial charge is 0.296 e. The Balaban J connectivity index is 2.74. The number of hydrogen-bond donors (Lipinski definition) is 0. The highest BCUT2D eigenvalue weighted by atomic mass is 32.1. The van der Waals surface area contributed by atoms with E-state index in [-0.39, 0.29) is 0 Å². The smallest absolute Gasteiger partial charge is 0.165 e. The van der Waals surface area contributed by atoms with Crippen LogP contribution in [-0.2, 0) is 0 Å². The third-order valence-corrected chi connectivity index (χ3v) is 3.79. The summed E-state index contributed by atoms with van der Waals surface area (Å²) in [7, 11) is 0. The summed E-state index contributed by atoms with van der Waals surface area (Å²) in [6.07, 6.45) is 0. The number of nitrogens with zero attached hydrogens (tertiary/aromatic N) is 1. The third kappa shape index (κ3) is 1.90. The zero-order chi connectivity index (χ0) is 11.0. The average Bonchev–Trinajstić information content (AvgIpc) is 2.51. The van der Waals surface area contributed by atoms with E-state index < -0.39 is 0 Å². The number of thiazole rings is 1. The molecule has 0 spiro atoms. The minimum Gasteiger partial charge on any atom is -0.296 e. The molecule has 0 aliphatic rings. The Labute approximate surface area is 99.0 Å². The summed E-state index contributed by atoms with van der Waals surface area (Å²) < 4.78 is 3.06. The van der Waals surface area contributed by atoms with Crippen LogP contribution in [0, 0.1) is 24.7 Å². The van der Waals surface area contributed by atoms with Crippen LogP contribution in [0.15, 0.2) is 23.6 Å². The number of benzene rings is 1. The van der Waals surface area contributed by atoms with Gasteiger partial charge in [0.2, 0.25) is 0 Å². The molecule has 0 saturated carbocycles. The molecule has 0 amide bonds. The fourth-order valence-electron chi connectivity index (χ4n) is 1.63. The van der Waals surface area contributed by atoms with E-state index in [2.05, 4.69) is 48.9 Å². The lowest BCUT2D eigenvalue weighted by Crippen LogP contribution is -1.99. The molecule has 1 aromatic carbocycles. The van der Waals surface area contributed by atoms with Crippen molar-refractivity contribution in [2.24, 2.45) is 0 Å². The van der Waals surface area contributed by atoms with Gasteiger partial charge in [-0.25, -0.2) is 0 Å². The van der Waals surface area contributed by atoms with Crippen LogP contribution in [0.25, 0.3) is 5.69 Å². The molecule has 0 saturated heterocycles. The molecular formula is C12H13NS2. The zero-order valence-electron chi connectivity index (χ0n) is 9.07. The summed E-state index contributed by atoms with van der Waals surface area (Å²) in [6.45, 7) is 6.32. The summed E-state index contributed by atoms with van der Waals surface area (Å²) in [5.74, 6) is 0. The van der Waals surface area contributed by atoms with Crippen LogP contribution in [0.1, 0.15) is 16.8 Å². The van der Waals surface area contributed by atoms with Crippen molar-refractivity contribution in [3.8, 4) is 5.69 Å². The second-order valence-corrected chi connectivity index (χ2v) is 5.27. The van der Waals surface area contributed by atoms with E-state index in [0.717, 1.165) is 3.95 Å². The van der Waals surface area contributed by atoms with Gasteiger partial charge in [0.05, 0.1) is 5.69 Å². The fraction of sp³-hybridized carbons (Fsp3) is 0.250. The highest BCUT2D eigenvalue weighted by Gasteiger charge is 2.05. The Bertz CT molecular complexity index is 549. The molecule has 0 fully saturated rings. The summed E-state index contributed by atoms with van der Waals surface area (Å²) >= 11 is 6.96. The normalized spacial score (nSPS) is 10.6. The summed E-state index contributed by atoms with van der Waals surface area (Å²) in [5.41, 5.74) is 4.94. The van der Waals surface area contributed by atoms with Crippen molar-refractivity contribution < 1.29 is 0 Å². The molecule has 0 atom stereocenters. The van der Waals surface area contributed by atoms with E-state index in [1.54, 1.807) is 11.3 Å². The lowest BCUT2D eigenvalue weighted by molar-refractivity contribution is 0.989. The van der Waals surface area contributed by atoms with Crippen LogP contribution in [0.4, 0.5) is 0 Å². The first kappa shape index (κ1) is 10.6. The van der Waals surface area contributed by atoms with E-state index in [4.69, 9.17) is 12.2 Å². The van der Waals surface area contributed by atoms with Crippen molar-refractivity contribution in [2.75, 3.05) is 0 Å². The maximum Gasteiger partial charge on any atom is 0.165 e. The van der Waals surface area contributed by atoms with Crippen molar-refractivity contribution in [2.45, 2.75) is 20.8 Å². The Morgan fingerprint density at radius 1 is 1.20 bits per heavy atom. The van der Waals surface area contributed by atoms with Gasteiger partial charge >= 0.3 is 0 Å². The molecule has 2 aromatic rings. The van der Waals surface area contributed by atoms with Crippen molar-refractivity contribution in [3.63, 3.8) is 0 Å². The minimum atomic E-state index is 0.918. The first-order chi connectivity index (χ1) is 7.09. The molecule has 0 aliphatic carbocycles. The van der Waals surface area contributed by atoms with Gasteiger partial charge in [0.1, 0.15) is 0 Å². The maximum absolute atomic E-state index is 5.34. The quantitative estimate of drug-likeness (QED) is 0.671. The molecule has 15 heavy (non-hydrogen) atoms. The molecule has 1 aromatic heterocycles. The number of rotatable bonds is 1. The van der Waals surface area contributed by atoms with Gasteiger partial charge in [-0.05, 0) is 50.2 Å². The van der Waals surface area contributed by atoms with Crippen LogP contribution in [0.5, 0.6) is 0 Å². The predicted octanol–water partition coefficient (Wildman–Crippen LogP) is 4.19. The number of hydrogen-bond acceptors (Lipinski definition) is 2. The van der Waals surface area contributed by atoms with Crippen LogP contribution >= 0.6 is 23.6 Å². The Morgan fingerprint density at radius 2 is 1.93 bits per heavy atom. The molecule has 0 radical (unpaired) electrons. The Kier molecular flexibility index (Phi) is 2.76. The van der Waals surface area contributed by atoms with Crippen LogP contribution < -0.4 is 0 Å². The first-order valence-electron chi connectivity index (χ1n) is 4.84. The van der Waals surface area contributed by atoms with Crippen molar-refractivity contribution >= 4 is 23.6 Å². The molecule has 1 nitrogen and oxygen atoms in total. The summed E-state index contributed by atoms with van der Waals surface area (Å²) in [5, 5.41) is 2.10. The third-order valence-electron chi connectivity index (χ3n) is 2.47. The Hall–Kier alpha value is -0.930. The molecule has 78 valence electrons. The predicted molar refractivity (Wildman–Crippen MR) is 68.7 cm³/mol. The average molecular weight is 235 g/mol. The fourth-order valence-corrected chi connectivity index (χ4v) is 2.74. The minimum absolute atomic E-state index is 0.918. The number of aromatic nitrogens is 1. The first-order valence-corrected chi connectivity index (χ1v) is 6.13. The second kappa shape index (κ2) is 3.91. The molecule has 1 heterocycles. The maximum atomic E-state index is 5.34. The zero-order valence-corrected chi connectivity index (χ0v) is 10.7. The van der Waals surface area contributed by atoms with Gasteiger partial charge in [-0.1, -0.05) is 12.1 Å². The van der Waals surface area contributed by atoms with Crippen molar-refractivity contribution in [1.82, 2.24) is 4.57 Å². The molecule has 0 bridgehead atoms. The van der Waals surface area contributed by atoms with Gasteiger partial charge < -0.3 is 0 Å². The van der Waals surface area contributed by atoms with Gasteiger partial charge in [0, 0.05) is 11.1 Å². The van der Waals surface area contributed by atoms with Gasteiger partial charge in [0.25, 0.3) is 0 Å². The lowest BCUT2D eigenvalue weighted by Gasteiger charge is -2.10. The van der Waals surface area contributed by atoms with Crippen molar-refractivity contribution in [3.05, 3.63) is 44.4 Å². The molecule has 0 aliphatic heterocycles. The van der Waals surface area contributed by atoms with E-state index in [0.29, 0.717) is 0 Å². The van der Waals surface area contributed by atoms with Gasteiger partial charge in [-0.3, -0.25) is 4.57 Å². The van der Waals surface area contributed by atoms with Gasteiger partial charge in [-0.15, -0.1) is 11.3 Å². The van der Waals surface area contributed by atoms with Crippen LogP contribution in [0.2, 0.25) is 0 Å². The van der Waals surface area contributed by atoms with E-state index >= 15 is 0 Å². The van der Waals surface area contributed by atoms with Crippen LogP contribution in [0.3, 0.4) is 0 Å². The topological polar surface area (TPSA) is 4.93 Å². The molecule has 2 rings (SSSR count). The second-order valence-electron chi connectivity index (χ2n) is 3.77. The highest BCUT2D eigenvalue weighted by molar-refractivity contribution is 7.73. The summed E-state index contributed by atoms with van der Waals surface area (Å²) in [6, 6.07) is 6.46. The standard InChI is InChI=1S/C12H13NS2/c1-8-4-5-9(2)11(6-8)13-10(3)7-15-12(13)14/h4-7H,1-3H3. The summed E-state index contributed by atoms with van der Waals surface area (Å²) in [4.78, 5) is 0. The monoisotopic (exact) mass is 235 g/mol. The molecule has 3 heteroatoms. The molecule has 0 unspecified atom stereocenters. The Morgan fingerprint density at radius 3 is 2.53 bits per heavy atom. The van der Waals surface area contributed by atoms with E-state index in [1.165, 1.54) is 22.5 Å². The number of aryl methyl sites for hydroxylation is 3. The molecule has 0 N–H and O–H groups in total. The molecular weight excluding hydrogens is 222 g/mol. The SMILES string of the molecule is Cc1ccc(C)c(-n2c(C)csc2=S)c1. The van der Waals surface area contributed by atoms with E-state index in [9.17, 15) is 0 Å². The van der Waals surface area contributed by atoms with Crippen LogP contribution in [-0.4, -0.2) is 4.57 Å². The van der Waals surface area contributed by atoms with Gasteiger partial charge in [0.15, 0.2) is 3.95 Å².